The lowest BCUT2D eigenvalue weighted by Crippen LogP contribution is -2.14. The van der Waals surface area contributed by atoms with Crippen LogP contribution in [0.25, 0.3) is 0 Å². The summed E-state index contributed by atoms with van der Waals surface area (Å²) >= 11 is 9.21. The minimum atomic E-state index is -0.113. The van der Waals surface area contributed by atoms with Crippen LogP contribution in [-0.4, -0.2) is 26.4 Å². The van der Waals surface area contributed by atoms with Crippen LogP contribution in [0.3, 0.4) is 0 Å². The Balaban J connectivity index is 1.27. The van der Waals surface area contributed by atoms with Crippen LogP contribution in [0, 0.1) is 0 Å². The van der Waals surface area contributed by atoms with E-state index in [-0.39, 0.29) is 11.7 Å². The molecule has 31 heavy (non-hydrogen) atoms. The smallest absolute Gasteiger partial charge is 0.234 e. The van der Waals surface area contributed by atoms with Gasteiger partial charge in [0, 0.05) is 17.1 Å². The molecule has 158 valence electrons. The molecule has 0 unspecified atom stereocenters. The van der Waals surface area contributed by atoms with Crippen molar-refractivity contribution in [3.8, 4) is 11.5 Å². The number of halogens is 1. The van der Waals surface area contributed by atoms with Crippen LogP contribution in [0.2, 0.25) is 5.02 Å². The highest BCUT2D eigenvalue weighted by Crippen LogP contribution is 2.29. The Morgan fingerprint density at radius 2 is 1.97 bits per heavy atom. The number of aromatic nitrogens is 3. The van der Waals surface area contributed by atoms with E-state index in [0.29, 0.717) is 22.2 Å². The summed E-state index contributed by atoms with van der Waals surface area (Å²) in [6.07, 6.45) is 2.61. The summed E-state index contributed by atoms with van der Waals surface area (Å²) in [5, 5.41) is 14.3. The van der Waals surface area contributed by atoms with Gasteiger partial charge in [0.1, 0.15) is 17.8 Å². The van der Waals surface area contributed by atoms with Crippen molar-refractivity contribution in [3.63, 3.8) is 0 Å². The first-order valence-electron chi connectivity index (χ1n) is 9.52. The average Bonchev–Trinajstić information content (AvgIpc) is 3.45. The van der Waals surface area contributed by atoms with Crippen molar-refractivity contribution < 1.29 is 9.53 Å². The maximum atomic E-state index is 12.3. The fraction of sp³-hybridized carbons (Fsp3) is 0.136. The summed E-state index contributed by atoms with van der Waals surface area (Å²) in [4.78, 5) is 13.7. The van der Waals surface area contributed by atoms with E-state index in [9.17, 15) is 4.79 Å². The lowest BCUT2D eigenvalue weighted by molar-refractivity contribution is -0.113. The lowest BCUT2D eigenvalue weighted by atomic mass is 10.3. The van der Waals surface area contributed by atoms with Crippen LogP contribution in [0.15, 0.2) is 77.5 Å². The van der Waals surface area contributed by atoms with Crippen LogP contribution in [0.4, 0.5) is 5.69 Å². The van der Waals surface area contributed by atoms with Crippen molar-refractivity contribution in [2.75, 3.05) is 11.1 Å². The quantitative estimate of drug-likeness (QED) is 0.315. The second kappa shape index (κ2) is 10.5. The molecule has 0 aliphatic heterocycles. The number of carbonyl (C=O) groups excluding carboxylic acids is 1. The van der Waals surface area contributed by atoms with E-state index in [1.807, 2.05) is 22.8 Å². The molecule has 0 aliphatic carbocycles. The summed E-state index contributed by atoms with van der Waals surface area (Å²) in [5.74, 6) is 1.35. The first-order valence-corrected chi connectivity index (χ1v) is 11.8. The number of amides is 1. The average molecular weight is 471 g/mol. The number of thiophene rings is 1. The van der Waals surface area contributed by atoms with Gasteiger partial charge in [0.2, 0.25) is 5.91 Å². The summed E-state index contributed by atoms with van der Waals surface area (Å²) in [7, 11) is 0. The van der Waals surface area contributed by atoms with E-state index in [0.717, 1.165) is 18.1 Å². The monoisotopic (exact) mass is 470 g/mol. The Labute approximate surface area is 193 Å². The molecule has 2 aromatic heterocycles. The van der Waals surface area contributed by atoms with Gasteiger partial charge >= 0.3 is 0 Å². The maximum absolute atomic E-state index is 12.3. The number of nitrogens with one attached hydrogen (secondary N) is 1. The molecular weight excluding hydrogens is 452 g/mol. The zero-order valence-electron chi connectivity index (χ0n) is 16.4. The number of nitrogens with zero attached hydrogens (tertiary/aromatic N) is 3. The molecule has 0 aliphatic rings. The topological polar surface area (TPSA) is 69.0 Å². The highest BCUT2D eigenvalue weighted by molar-refractivity contribution is 7.99. The van der Waals surface area contributed by atoms with Crippen molar-refractivity contribution in [1.29, 1.82) is 0 Å². The van der Waals surface area contributed by atoms with Gasteiger partial charge in [0.05, 0.1) is 10.8 Å². The van der Waals surface area contributed by atoms with Gasteiger partial charge in [-0.1, -0.05) is 41.6 Å². The van der Waals surface area contributed by atoms with Gasteiger partial charge in [-0.05, 0) is 54.3 Å². The van der Waals surface area contributed by atoms with Gasteiger partial charge in [-0.3, -0.25) is 4.79 Å². The minimum absolute atomic E-state index is 0.113. The summed E-state index contributed by atoms with van der Waals surface area (Å²) in [5.41, 5.74) is 0.691. The molecule has 1 amide bonds. The standard InChI is InChI=1S/C22H19ClN4O2S2/c23-19-5-1-2-6-20(19)29-17-9-7-16(8-10-17)25-21(28)14-31-22-26-24-15-27(22)12-11-18-4-3-13-30-18/h1-10,13,15H,11-12,14H2,(H,25,28). The van der Waals surface area contributed by atoms with Crippen molar-refractivity contribution in [1.82, 2.24) is 14.8 Å². The summed E-state index contributed by atoms with van der Waals surface area (Å²) in [6, 6.07) is 18.6. The molecule has 4 aromatic rings. The Hall–Kier alpha value is -2.81. The Morgan fingerprint density at radius 3 is 2.74 bits per heavy atom. The van der Waals surface area contributed by atoms with Gasteiger partial charge in [-0.15, -0.1) is 21.5 Å². The molecule has 2 aromatic carbocycles. The van der Waals surface area contributed by atoms with Crippen LogP contribution in [0.1, 0.15) is 4.88 Å². The number of benzene rings is 2. The molecule has 0 spiro atoms. The maximum Gasteiger partial charge on any atom is 0.234 e. The largest absolute Gasteiger partial charge is 0.456 e. The van der Waals surface area contributed by atoms with Gasteiger partial charge in [0.15, 0.2) is 5.16 Å². The first-order chi connectivity index (χ1) is 15.2. The number of ether oxygens (including phenoxy) is 1. The third-order valence-electron chi connectivity index (χ3n) is 4.29. The number of hydrogen-bond donors (Lipinski definition) is 1. The molecule has 0 radical (unpaired) electrons. The van der Waals surface area contributed by atoms with E-state index < -0.39 is 0 Å². The molecule has 9 heteroatoms. The van der Waals surface area contributed by atoms with Crippen molar-refractivity contribution in [2.45, 2.75) is 18.1 Å². The minimum Gasteiger partial charge on any atom is -0.456 e. The van der Waals surface area contributed by atoms with E-state index in [1.54, 1.807) is 54.1 Å². The molecule has 0 bridgehead atoms. The van der Waals surface area contributed by atoms with E-state index in [2.05, 4.69) is 27.0 Å². The number of rotatable bonds is 9. The summed E-state index contributed by atoms with van der Waals surface area (Å²) in [6.45, 7) is 0.782. The molecule has 0 saturated heterocycles. The first kappa shape index (κ1) is 21.4. The normalized spacial score (nSPS) is 10.7. The Kier molecular flexibility index (Phi) is 7.24. The second-order valence-corrected chi connectivity index (χ2v) is 8.91. The van der Waals surface area contributed by atoms with E-state index >= 15 is 0 Å². The van der Waals surface area contributed by atoms with E-state index in [1.165, 1.54) is 16.6 Å². The predicted molar refractivity (Wildman–Crippen MR) is 125 cm³/mol. The van der Waals surface area contributed by atoms with Gasteiger partial charge < -0.3 is 14.6 Å². The number of aryl methyl sites for hydroxylation is 2. The highest BCUT2D eigenvalue weighted by atomic mass is 35.5. The van der Waals surface area contributed by atoms with Crippen LogP contribution < -0.4 is 10.1 Å². The molecule has 0 fully saturated rings. The van der Waals surface area contributed by atoms with Crippen LogP contribution in [0.5, 0.6) is 11.5 Å². The Morgan fingerprint density at radius 1 is 1.13 bits per heavy atom. The number of para-hydroxylation sites is 1. The number of hydrogen-bond acceptors (Lipinski definition) is 6. The lowest BCUT2D eigenvalue weighted by Gasteiger charge is -2.09. The zero-order chi connectivity index (χ0) is 21.5. The molecule has 1 N–H and O–H groups in total. The van der Waals surface area contributed by atoms with Crippen molar-refractivity contribution in [3.05, 3.63) is 82.3 Å². The number of carbonyl (C=O) groups is 1. The molecule has 6 nitrogen and oxygen atoms in total. The zero-order valence-corrected chi connectivity index (χ0v) is 18.8. The highest BCUT2D eigenvalue weighted by Gasteiger charge is 2.10. The molecule has 2 heterocycles. The summed E-state index contributed by atoms with van der Waals surface area (Å²) < 4.78 is 7.73. The molecular formula is C22H19ClN4O2S2. The predicted octanol–water partition coefficient (Wildman–Crippen LogP) is 5.76. The fourth-order valence-corrected chi connectivity index (χ4v) is 4.40. The molecule has 0 atom stereocenters. The van der Waals surface area contributed by atoms with Gasteiger partial charge in [-0.25, -0.2) is 0 Å². The fourth-order valence-electron chi connectivity index (χ4n) is 2.78. The molecule has 4 rings (SSSR count). The van der Waals surface area contributed by atoms with Crippen LogP contribution in [-0.2, 0) is 17.8 Å². The van der Waals surface area contributed by atoms with E-state index in [4.69, 9.17) is 16.3 Å². The third kappa shape index (κ3) is 6.10. The third-order valence-corrected chi connectivity index (χ3v) is 6.52. The van der Waals surface area contributed by atoms with Gasteiger partial charge in [0.25, 0.3) is 0 Å². The van der Waals surface area contributed by atoms with Gasteiger partial charge in [-0.2, -0.15) is 0 Å². The second-order valence-electron chi connectivity index (χ2n) is 6.53. The van der Waals surface area contributed by atoms with Crippen molar-refractivity contribution in [2.24, 2.45) is 0 Å². The van der Waals surface area contributed by atoms with Crippen molar-refractivity contribution >= 4 is 46.3 Å². The molecule has 0 saturated carbocycles. The number of anilines is 1. The van der Waals surface area contributed by atoms with Crippen LogP contribution >= 0.6 is 34.7 Å². The SMILES string of the molecule is O=C(CSc1nncn1CCc1cccs1)Nc1ccc(Oc2ccccc2Cl)cc1. The Bertz CT molecular complexity index is 1130. The number of thioether (sulfide) groups is 1.